The maximum Gasteiger partial charge on any atom is 0.254 e. The van der Waals surface area contributed by atoms with Crippen LogP contribution in [0.5, 0.6) is 0 Å². The summed E-state index contributed by atoms with van der Waals surface area (Å²) in [5.74, 6) is 1.03. The molecule has 58 heavy (non-hydrogen) atoms. The number of hydrogen-bond acceptors (Lipinski definition) is 15. The van der Waals surface area contributed by atoms with E-state index in [9.17, 15) is 9.59 Å². The molecule has 0 aliphatic rings. The van der Waals surface area contributed by atoms with E-state index in [2.05, 4.69) is 34.9 Å². The number of aryl methyl sites for hydroxylation is 3. The van der Waals surface area contributed by atoms with E-state index < -0.39 is 18.9 Å². The van der Waals surface area contributed by atoms with Gasteiger partial charge in [0, 0.05) is 74.0 Å². The number of carbonyl (C=O) groups excluding carboxylic acids is 1. The highest BCUT2D eigenvalue weighted by molar-refractivity contribution is 6.30. The summed E-state index contributed by atoms with van der Waals surface area (Å²) in [5.41, 5.74) is 11.3. The average Bonchev–Trinajstić information content (AvgIpc) is 3.20. The summed E-state index contributed by atoms with van der Waals surface area (Å²) in [6, 6.07) is 5.59. The zero-order valence-electron chi connectivity index (χ0n) is 35.8. The molecule has 0 atom stereocenters. The number of aromatic nitrogens is 7. The second-order valence-electron chi connectivity index (χ2n) is 11.9. The predicted octanol–water partition coefficient (Wildman–Crippen LogP) is 6.57. The van der Waals surface area contributed by atoms with Crippen LogP contribution in [0.2, 0.25) is 5.15 Å². The summed E-state index contributed by atoms with van der Waals surface area (Å²) in [6.45, 7) is 25.4. The first-order valence-electron chi connectivity index (χ1n) is 19.0. The first kappa shape index (κ1) is 51.4. The van der Waals surface area contributed by atoms with Gasteiger partial charge in [-0.05, 0) is 101 Å². The topological polar surface area (TPSA) is 233 Å². The lowest BCUT2D eigenvalue weighted by Crippen LogP contribution is -2.33. The van der Waals surface area contributed by atoms with Gasteiger partial charge in [0.2, 0.25) is 18.9 Å². The van der Waals surface area contributed by atoms with Crippen molar-refractivity contribution in [3.63, 3.8) is 0 Å². The molecule has 4 aromatic rings. The maximum atomic E-state index is 11.6. The van der Waals surface area contributed by atoms with Gasteiger partial charge in [0.1, 0.15) is 11.0 Å². The number of aromatic amines is 1. The summed E-state index contributed by atoms with van der Waals surface area (Å²) in [7, 11) is 0. The number of amidine groups is 1. The highest BCUT2D eigenvalue weighted by Gasteiger charge is 2.18. The van der Waals surface area contributed by atoms with Gasteiger partial charge in [-0.15, -0.1) is 0 Å². The fourth-order valence-electron chi connectivity index (χ4n) is 4.49. The summed E-state index contributed by atoms with van der Waals surface area (Å²) < 4.78 is 31.5. The molecule has 17 nitrogen and oxygen atoms in total. The second-order valence-corrected chi connectivity index (χ2v) is 12.3. The minimum atomic E-state index is -0.657. The van der Waals surface area contributed by atoms with E-state index in [1.807, 2.05) is 87.4 Å². The van der Waals surface area contributed by atoms with E-state index in [-0.39, 0.29) is 17.2 Å². The minimum absolute atomic E-state index is 0.0799. The molecular formula is C40H60ClN9O8. The third kappa shape index (κ3) is 17.1. The number of nitrogens with two attached hydrogens (primary N) is 1. The second kappa shape index (κ2) is 27.9. The maximum absolute atomic E-state index is 11.6. The highest BCUT2D eigenvalue weighted by Crippen LogP contribution is 2.22. The molecule has 4 N–H and O–H groups in total. The fourth-order valence-corrected chi connectivity index (χ4v) is 4.72. The Morgan fingerprint density at radius 1 is 0.724 bits per heavy atom. The van der Waals surface area contributed by atoms with Gasteiger partial charge in [-0.2, -0.15) is 0 Å². The Kier molecular flexibility index (Phi) is 24.7. The Bertz CT molecular complexity index is 1860. The molecule has 0 bridgehead atoms. The quantitative estimate of drug-likeness (QED) is 0.0336. The Balaban J connectivity index is 0.000000393. The standard InChI is InChI=1S/C12H11N3O.C11H17ClN2O2.C11H18N2O3.C6H14N2O2/c1-8-9(2)14-11(7-16)15-12(8)10-5-3-4-6-13-10;1-5-15-11(16-6-2)10-13-8(4)7(3)9(12)14-10;1-5-15-11(16-6-2)9-12-8(4)7(3)10(14)13-9;1-3-9-6(5(7)8)10-4-2/h3-7H,1-2H3;11H,5-6H2,1-4H3;11H,5-6H2,1-4H3,(H,12,13,14);6H,3-4H2,1-2H3,(H3,7,8). The Morgan fingerprint density at radius 3 is 1.69 bits per heavy atom. The molecule has 0 amide bonds. The first-order valence-corrected chi connectivity index (χ1v) is 19.3. The van der Waals surface area contributed by atoms with Crippen molar-refractivity contribution in [3.05, 3.63) is 91.1 Å². The smallest absolute Gasteiger partial charge is 0.254 e. The monoisotopic (exact) mass is 829 g/mol. The van der Waals surface area contributed by atoms with Gasteiger partial charge in [-0.25, -0.2) is 24.9 Å². The van der Waals surface area contributed by atoms with E-state index in [4.69, 9.17) is 51.2 Å². The van der Waals surface area contributed by atoms with Crippen molar-refractivity contribution in [1.29, 1.82) is 5.41 Å². The van der Waals surface area contributed by atoms with Gasteiger partial charge < -0.3 is 39.1 Å². The largest absolute Gasteiger partial charge is 0.383 e. The van der Waals surface area contributed by atoms with Crippen LogP contribution < -0.4 is 11.3 Å². The summed E-state index contributed by atoms with van der Waals surface area (Å²) >= 11 is 6.00. The molecular weight excluding hydrogens is 770 g/mol. The molecule has 0 radical (unpaired) electrons. The van der Waals surface area contributed by atoms with Gasteiger partial charge in [0.15, 0.2) is 23.8 Å². The van der Waals surface area contributed by atoms with E-state index >= 15 is 0 Å². The molecule has 0 saturated heterocycles. The number of halogens is 1. The number of nitrogens with one attached hydrogen (secondary N) is 2. The van der Waals surface area contributed by atoms with Crippen LogP contribution >= 0.6 is 11.6 Å². The van der Waals surface area contributed by atoms with E-state index in [0.717, 1.165) is 33.9 Å². The number of nitrogens with zero attached hydrogens (tertiary/aromatic N) is 6. The first-order chi connectivity index (χ1) is 27.6. The van der Waals surface area contributed by atoms with Crippen LogP contribution in [0.3, 0.4) is 0 Å². The molecule has 18 heteroatoms. The zero-order valence-corrected chi connectivity index (χ0v) is 36.5. The number of H-pyrrole nitrogens is 1. The Morgan fingerprint density at radius 2 is 1.24 bits per heavy atom. The lowest BCUT2D eigenvalue weighted by molar-refractivity contribution is -0.145. The third-order valence-corrected chi connectivity index (χ3v) is 8.14. The average molecular weight is 830 g/mol. The van der Waals surface area contributed by atoms with Crippen LogP contribution in [0.15, 0.2) is 29.2 Å². The van der Waals surface area contributed by atoms with Crippen LogP contribution in [0.1, 0.15) is 110 Å². The van der Waals surface area contributed by atoms with Crippen molar-refractivity contribution >= 4 is 23.7 Å². The summed E-state index contributed by atoms with van der Waals surface area (Å²) in [5, 5.41) is 7.44. The van der Waals surface area contributed by atoms with E-state index in [1.54, 1.807) is 20.0 Å². The number of rotatable bonds is 17. The molecule has 0 aliphatic carbocycles. The number of carbonyl (C=O) groups is 1. The van der Waals surface area contributed by atoms with Crippen LogP contribution in [-0.4, -0.2) is 92.9 Å². The summed E-state index contributed by atoms with van der Waals surface area (Å²) in [4.78, 5) is 50.2. The number of hydrogen-bond donors (Lipinski definition) is 3. The van der Waals surface area contributed by atoms with Crippen LogP contribution in [0, 0.1) is 47.0 Å². The van der Waals surface area contributed by atoms with Crippen molar-refractivity contribution in [1.82, 2.24) is 34.9 Å². The fraction of sp³-hybridized carbons (Fsp3) is 0.525. The third-order valence-electron chi connectivity index (χ3n) is 7.78. The van der Waals surface area contributed by atoms with Crippen molar-refractivity contribution in [2.24, 2.45) is 5.73 Å². The molecule has 320 valence electrons. The van der Waals surface area contributed by atoms with Gasteiger partial charge in [-0.3, -0.25) is 20.0 Å². The van der Waals surface area contributed by atoms with Crippen molar-refractivity contribution in [3.8, 4) is 11.4 Å². The van der Waals surface area contributed by atoms with E-state index in [1.165, 1.54) is 0 Å². The molecule has 0 fully saturated rings. The van der Waals surface area contributed by atoms with Crippen molar-refractivity contribution in [2.45, 2.75) is 102 Å². The molecule has 0 unspecified atom stereocenters. The lowest BCUT2D eigenvalue weighted by Gasteiger charge is -2.16. The van der Waals surface area contributed by atoms with Gasteiger partial charge in [-0.1, -0.05) is 17.7 Å². The van der Waals surface area contributed by atoms with E-state index in [0.29, 0.717) is 74.0 Å². The minimum Gasteiger partial charge on any atom is -0.383 e. The molecule has 0 spiro atoms. The molecule has 4 heterocycles. The molecule has 0 aromatic carbocycles. The number of aldehydes is 1. The molecule has 4 aromatic heterocycles. The van der Waals surface area contributed by atoms with Gasteiger partial charge in [0.25, 0.3) is 5.56 Å². The van der Waals surface area contributed by atoms with Crippen molar-refractivity contribution < 1.29 is 33.2 Å². The number of ether oxygens (including phenoxy) is 6. The molecule has 0 saturated carbocycles. The van der Waals surface area contributed by atoms with Crippen LogP contribution in [0.4, 0.5) is 0 Å². The number of pyridine rings is 1. The normalized spacial score (nSPS) is 10.7. The van der Waals surface area contributed by atoms with Gasteiger partial charge >= 0.3 is 0 Å². The zero-order chi connectivity index (χ0) is 43.8. The van der Waals surface area contributed by atoms with Crippen molar-refractivity contribution in [2.75, 3.05) is 39.6 Å². The Hall–Kier alpha value is -4.62. The summed E-state index contributed by atoms with van der Waals surface area (Å²) in [6.07, 6.45) is 0.565. The lowest BCUT2D eigenvalue weighted by atomic mass is 10.1. The Labute approximate surface area is 346 Å². The van der Waals surface area contributed by atoms with Crippen LogP contribution in [0.25, 0.3) is 11.4 Å². The molecule has 4 rings (SSSR count). The highest BCUT2D eigenvalue weighted by atomic mass is 35.5. The SMILES string of the molecule is CCOC(OCC)C(=N)N.CCOC(OCC)c1nc(C)c(C)c(=O)[nH]1.CCOC(OCC)c1nc(C)c(C)c(Cl)n1.Cc1nc(C=O)nc(-c2ccccn2)c1C. The van der Waals surface area contributed by atoms with Gasteiger partial charge in [0.05, 0.1) is 11.4 Å². The van der Waals surface area contributed by atoms with Crippen LogP contribution in [-0.2, 0) is 28.4 Å². The predicted molar refractivity (Wildman–Crippen MR) is 222 cm³/mol. The molecule has 0 aliphatic heterocycles.